The predicted octanol–water partition coefficient (Wildman–Crippen LogP) is 6.66. The molecule has 10 heteroatoms. The third kappa shape index (κ3) is 5.67. The van der Waals surface area contributed by atoms with Crippen molar-refractivity contribution in [2.45, 2.75) is 19.8 Å². The molecule has 0 saturated carbocycles. The zero-order chi connectivity index (χ0) is 24.9. The first kappa shape index (κ1) is 24.8. The summed E-state index contributed by atoms with van der Waals surface area (Å²) in [5.41, 5.74) is 2.01. The lowest BCUT2D eigenvalue weighted by Crippen LogP contribution is -2.05. The maximum Gasteiger partial charge on any atom is 0.339 e. The van der Waals surface area contributed by atoms with Gasteiger partial charge >= 0.3 is 5.97 Å². The maximum atomic E-state index is 14.7. The highest BCUT2D eigenvalue weighted by Crippen LogP contribution is 2.39. The Morgan fingerprint density at radius 2 is 2.03 bits per heavy atom. The molecule has 35 heavy (non-hydrogen) atoms. The normalized spacial score (nSPS) is 11.1. The van der Waals surface area contributed by atoms with E-state index in [2.05, 4.69) is 15.3 Å². The van der Waals surface area contributed by atoms with Gasteiger partial charge in [0.2, 0.25) is 0 Å². The van der Waals surface area contributed by atoms with Crippen LogP contribution in [-0.2, 0) is 4.74 Å². The number of nitrogens with one attached hydrogen (secondary N) is 1. The Morgan fingerprint density at radius 3 is 2.69 bits per heavy atom. The lowest BCUT2D eigenvalue weighted by molar-refractivity contribution is 0.0697. The molecule has 0 aliphatic carbocycles. The summed E-state index contributed by atoms with van der Waals surface area (Å²) in [7, 11) is 1.55. The van der Waals surface area contributed by atoms with Crippen LogP contribution in [0.2, 0.25) is 0 Å². The van der Waals surface area contributed by atoms with Crippen molar-refractivity contribution in [1.82, 2.24) is 9.97 Å². The molecular weight excluding hydrogens is 489 g/mol. The van der Waals surface area contributed by atoms with Gasteiger partial charge in [0.15, 0.2) is 16.7 Å². The number of anilines is 2. The lowest BCUT2D eigenvalue weighted by atomic mass is 10.1. The second-order valence-corrected chi connectivity index (χ2v) is 9.88. The Labute approximate surface area is 210 Å². The van der Waals surface area contributed by atoms with Crippen LogP contribution in [0.25, 0.3) is 21.7 Å². The SMILES string of the molecule is COCCOc1ccc(-c2nc(Nc3ncc(-c4cccs4)cc3C(=O)O)sc2C(C)C)cc1F. The molecule has 0 aliphatic heterocycles. The molecule has 7 nitrogen and oxygen atoms in total. The van der Waals surface area contributed by atoms with Crippen LogP contribution in [0.5, 0.6) is 5.75 Å². The first-order chi connectivity index (χ1) is 16.9. The number of carboxylic acids is 1. The number of aromatic carboxylic acids is 1. The average molecular weight is 514 g/mol. The van der Waals surface area contributed by atoms with Crippen molar-refractivity contribution in [3.05, 3.63) is 64.2 Å². The summed E-state index contributed by atoms with van der Waals surface area (Å²) < 4.78 is 25.0. The number of carbonyl (C=O) groups is 1. The molecule has 0 unspecified atom stereocenters. The molecule has 0 aliphatic rings. The van der Waals surface area contributed by atoms with E-state index in [0.29, 0.717) is 23.0 Å². The van der Waals surface area contributed by atoms with Crippen molar-refractivity contribution in [1.29, 1.82) is 0 Å². The number of carboxylic acid groups (broad SMARTS) is 1. The van der Waals surface area contributed by atoms with Crippen LogP contribution in [-0.4, -0.2) is 41.4 Å². The molecule has 0 fully saturated rings. The van der Waals surface area contributed by atoms with Crippen LogP contribution in [0.3, 0.4) is 0 Å². The van der Waals surface area contributed by atoms with Gasteiger partial charge in [-0.25, -0.2) is 19.2 Å². The smallest absolute Gasteiger partial charge is 0.339 e. The van der Waals surface area contributed by atoms with E-state index >= 15 is 0 Å². The number of aromatic nitrogens is 2. The number of thiophene rings is 1. The molecule has 3 heterocycles. The predicted molar refractivity (Wildman–Crippen MR) is 137 cm³/mol. The number of ether oxygens (including phenoxy) is 2. The number of thiazole rings is 1. The van der Waals surface area contributed by atoms with Gasteiger partial charge in [-0.3, -0.25) is 0 Å². The zero-order valence-electron chi connectivity index (χ0n) is 19.4. The minimum absolute atomic E-state index is 0.0438. The molecule has 0 bridgehead atoms. The number of pyridine rings is 1. The van der Waals surface area contributed by atoms with Gasteiger partial charge in [0.1, 0.15) is 18.0 Å². The van der Waals surface area contributed by atoms with Crippen LogP contribution < -0.4 is 10.1 Å². The number of hydrogen-bond acceptors (Lipinski definition) is 8. The van der Waals surface area contributed by atoms with Crippen LogP contribution in [0.4, 0.5) is 15.3 Å². The van der Waals surface area contributed by atoms with E-state index in [0.717, 1.165) is 15.3 Å². The van der Waals surface area contributed by atoms with Gasteiger partial charge in [-0.05, 0) is 41.6 Å². The molecule has 2 N–H and O–H groups in total. The fraction of sp³-hybridized carbons (Fsp3) is 0.240. The summed E-state index contributed by atoms with van der Waals surface area (Å²) in [6.45, 7) is 4.66. The summed E-state index contributed by atoms with van der Waals surface area (Å²) in [5.74, 6) is -1.12. The second-order valence-electron chi connectivity index (χ2n) is 7.90. The van der Waals surface area contributed by atoms with Gasteiger partial charge in [-0.1, -0.05) is 19.9 Å². The number of rotatable bonds is 10. The highest BCUT2D eigenvalue weighted by atomic mass is 32.1. The van der Waals surface area contributed by atoms with Crippen molar-refractivity contribution in [2.75, 3.05) is 25.6 Å². The maximum absolute atomic E-state index is 14.7. The van der Waals surface area contributed by atoms with Crippen LogP contribution in [0, 0.1) is 5.82 Å². The Balaban J connectivity index is 1.65. The van der Waals surface area contributed by atoms with E-state index in [1.54, 1.807) is 31.5 Å². The summed E-state index contributed by atoms with van der Waals surface area (Å²) in [4.78, 5) is 22.8. The Bertz CT molecular complexity index is 1320. The summed E-state index contributed by atoms with van der Waals surface area (Å²) in [6.07, 6.45) is 1.64. The number of halogens is 1. The zero-order valence-corrected chi connectivity index (χ0v) is 21.0. The molecule has 1 aromatic carbocycles. The van der Waals surface area contributed by atoms with Crippen molar-refractivity contribution >= 4 is 39.6 Å². The number of hydrogen-bond donors (Lipinski definition) is 2. The van der Waals surface area contributed by atoms with Crippen molar-refractivity contribution < 1.29 is 23.8 Å². The summed E-state index contributed by atoms with van der Waals surface area (Å²) >= 11 is 2.89. The standard InChI is InChI=1S/C25H24FN3O4S2/c1-14(2)22-21(15-6-7-19(18(26)12-15)33-9-8-32-3)28-25(35-22)29-23-17(24(30)31)11-16(13-27-23)20-5-4-10-34-20/h4-7,10-14H,8-9H2,1-3H3,(H,30,31)(H,27,28,29). The van der Waals surface area contributed by atoms with Gasteiger partial charge in [0.05, 0.1) is 12.3 Å². The fourth-order valence-electron chi connectivity index (χ4n) is 3.39. The van der Waals surface area contributed by atoms with Crippen molar-refractivity contribution in [3.8, 4) is 27.4 Å². The van der Waals surface area contributed by atoms with Crippen LogP contribution in [0.1, 0.15) is 35.0 Å². The van der Waals surface area contributed by atoms with Gasteiger partial charge < -0.3 is 19.9 Å². The van der Waals surface area contributed by atoms with E-state index in [4.69, 9.17) is 9.47 Å². The Morgan fingerprint density at radius 1 is 1.20 bits per heavy atom. The van der Waals surface area contributed by atoms with Crippen LogP contribution >= 0.6 is 22.7 Å². The lowest BCUT2D eigenvalue weighted by Gasteiger charge is -2.09. The van der Waals surface area contributed by atoms with Crippen molar-refractivity contribution in [2.24, 2.45) is 0 Å². The molecule has 0 spiro atoms. The second kappa shape index (κ2) is 10.9. The number of benzene rings is 1. The van der Waals surface area contributed by atoms with Gasteiger partial charge in [-0.15, -0.1) is 22.7 Å². The van der Waals surface area contributed by atoms with Gasteiger partial charge in [0.25, 0.3) is 0 Å². The average Bonchev–Trinajstić information content (AvgIpc) is 3.51. The van der Waals surface area contributed by atoms with Gasteiger partial charge in [0, 0.05) is 34.2 Å². The largest absolute Gasteiger partial charge is 0.488 e. The van der Waals surface area contributed by atoms with Crippen LogP contribution in [0.15, 0.2) is 48.0 Å². The molecule has 3 aromatic heterocycles. The molecule has 0 atom stereocenters. The molecule has 4 aromatic rings. The topological polar surface area (TPSA) is 93.6 Å². The van der Waals surface area contributed by atoms with Gasteiger partial charge in [-0.2, -0.15) is 0 Å². The highest BCUT2D eigenvalue weighted by Gasteiger charge is 2.20. The fourth-order valence-corrected chi connectivity index (χ4v) is 5.09. The number of nitrogens with zero attached hydrogens (tertiary/aromatic N) is 2. The molecule has 182 valence electrons. The molecule has 0 saturated heterocycles. The molecular formula is C25H24FN3O4S2. The molecule has 0 amide bonds. The van der Waals surface area contributed by atoms with E-state index in [-0.39, 0.29) is 29.7 Å². The Hall–Kier alpha value is -3.34. The molecule has 0 radical (unpaired) electrons. The highest BCUT2D eigenvalue weighted by molar-refractivity contribution is 7.16. The first-order valence-corrected chi connectivity index (χ1v) is 12.5. The van der Waals surface area contributed by atoms with Crippen molar-refractivity contribution in [3.63, 3.8) is 0 Å². The minimum atomic E-state index is -1.09. The summed E-state index contributed by atoms with van der Waals surface area (Å²) in [5, 5.41) is 15.2. The number of methoxy groups -OCH3 is 1. The minimum Gasteiger partial charge on any atom is -0.488 e. The Kier molecular flexibility index (Phi) is 7.74. The quantitative estimate of drug-likeness (QED) is 0.229. The van der Waals surface area contributed by atoms with E-state index in [9.17, 15) is 14.3 Å². The van der Waals surface area contributed by atoms with E-state index < -0.39 is 11.8 Å². The third-order valence-corrected chi connectivity index (χ3v) is 7.27. The summed E-state index contributed by atoms with van der Waals surface area (Å²) in [6, 6.07) is 10.1. The third-order valence-electron chi connectivity index (χ3n) is 5.08. The first-order valence-electron chi connectivity index (χ1n) is 10.8. The molecule has 4 rings (SSSR count). The van der Waals surface area contributed by atoms with E-state index in [1.165, 1.54) is 28.7 Å². The van der Waals surface area contributed by atoms with E-state index in [1.807, 2.05) is 31.4 Å². The monoisotopic (exact) mass is 513 g/mol.